The number of hydrogen-bond donors (Lipinski definition) is 0. The van der Waals surface area contributed by atoms with Gasteiger partial charge in [-0.05, 0) is 19.9 Å². The van der Waals surface area contributed by atoms with Crippen LogP contribution < -0.4 is 0 Å². The van der Waals surface area contributed by atoms with Crippen molar-refractivity contribution in [1.82, 2.24) is 0 Å². The van der Waals surface area contributed by atoms with Gasteiger partial charge in [-0.25, -0.2) is 0 Å². The highest BCUT2D eigenvalue weighted by molar-refractivity contribution is 6.26. The number of allylic oxidation sites excluding steroid dienone is 1. The van der Waals surface area contributed by atoms with Crippen LogP contribution in [0.4, 0.5) is 0 Å². The molecule has 3 heteroatoms. The molecule has 0 N–H and O–H groups in total. The smallest absolute Gasteiger partial charge is 0.321 e. The van der Waals surface area contributed by atoms with E-state index in [1.54, 1.807) is 0 Å². The zero-order valence-corrected chi connectivity index (χ0v) is 6.94. The van der Waals surface area contributed by atoms with Crippen molar-refractivity contribution < 1.29 is 9.53 Å². The second-order valence-corrected chi connectivity index (χ2v) is 2.37. The number of rotatable bonds is 3. The fourth-order valence-corrected chi connectivity index (χ4v) is 0.417. The van der Waals surface area contributed by atoms with Crippen LogP contribution in [-0.2, 0) is 9.53 Å². The first-order valence-electron chi connectivity index (χ1n) is 3.01. The summed E-state index contributed by atoms with van der Waals surface area (Å²) in [5.41, 5.74) is 1.13. The van der Waals surface area contributed by atoms with Crippen molar-refractivity contribution in [2.24, 2.45) is 0 Å². The van der Waals surface area contributed by atoms with E-state index in [1.807, 2.05) is 19.9 Å². The third kappa shape index (κ3) is 5.63. The summed E-state index contributed by atoms with van der Waals surface area (Å²) in [4.78, 5) is 10.4. The highest BCUT2D eigenvalue weighted by Gasteiger charge is 1.95. The molecule has 0 aromatic heterocycles. The number of halogens is 1. The first-order valence-corrected chi connectivity index (χ1v) is 3.55. The van der Waals surface area contributed by atoms with Crippen LogP contribution in [-0.4, -0.2) is 18.5 Å². The van der Waals surface area contributed by atoms with Gasteiger partial charge in [0.1, 0.15) is 12.5 Å². The Bertz CT molecular complexity index is 137. The Hall–Kier alpha value is -0.500. The standard InChI is InChI=1S/C7H11ClO2/c1-6(2)3-4-10-7(9)5-8/h3H,4-5H2,1-2H3. The number of hydrogen-bond acceptors (Lipinski definition) is 2. The summed E-state index contributed by atoms with van der Waals surface area (Å²) in [5, 5.41) is 0. The molecule has 0 fully saturated rings. The molecule has 2 nitrogen and oxygen atoms in total. The van der Waals surface area contributed by atoms with Crippen LogP contribution in [0.3, 0.4) is 0 Å². The van der Waals surface area contributed by atoms with Gasteiger partial charge in [-0.1, -0.05) is 5.57 Å². The zero-order chi connectivity index (χ0) is 7.98. The number of ether oxygens (including phenoxy) is 1. The summed E-state index contributed by atoms with van der Waals surface area (Å²) in [5.74, 6) is -0.449. The summed E-state index contributed by atoms with van der Waals surface area (Å²) < 4.78 is 4.65. The minimum absolute atomic E-state index is 0.0728. The lowest BCUT2D eigenvalue weighted by molar-refractivity contribution is -0.139. The van der Waals surface area contributed by atoms with Gasteiger partial charge in [-0.2, -0.15) is 0 Å². The number of carbonyl (C=O) groups is 1. The van der Waals surface area contributed by atoms with E-state index in [0.717, 1.165) is 5.57 Å². The van der Waals surface area contributed by atoms with Crippen molar-refractivity contribution in [2.45, 2.75) is 13.8 Å². The average Bonchev–Trinajstić information content (AvgIpc) is 1.87. The fraction of sp³-hybridized carbons (Fsp3) is 0.571. The molecule has 0 unspecified atom stereocenters. The van der Waals surface area contributed by atoms with Gasteiger partial charge in [-0.3, -0.25) is 4.79 Å². The molecule has 0 aliphatic rings. The maximum Gasteiger partial charge on any atom is 0.321 e. The second kappa shape index (κ2) is 5.30. The maximum atomic E-state index is 10.4. The van der Waals surface area contributed by atoms with E-state index in [1.165, 1.54) is 0 Å². The number of esters is 1. The van der Waals surface area contributed by atoms with Crippen LogP contribution >= 0.6 is 11.6 Å². The lowest BCUT2D eigenvalue weighted by atomic mass is 10.3. The third-order valence-electron chi connectivity index (χ3n) is 0.845. The van der Waals surface area contributed by atoms with Crippen molar-refractivity contribution in [3.63, 3.8) is 0 Å². The van der Waals surface area contributed by atoms with Gasteiger partial charge in [0.15, 0.2) is 0 Å². The Labute approximate surface area is 65.8 Å². The van der Waals surface area contributed by atoms with Gasteiger partial charge in [0.2, 0.25) is 0 Å². The Morgan fingerprint density at radius 3 is 2.60 bits per heavy atom. The van der Waals surface area contributed by atoms with Gasteiger partial charge < -0.3 is 4.74 Å². The average molecular weight is 163 g/mol. The lowest BCUT2D eigenvalue weighted by Crippen LogP contribution is -2.05. The van der Waals surface area contributed by atoms with Gasteiger partial charge in [0.05, 0.1) is 0 Å². The van der Waals surface area contributed by atoms with Crippen LogP contribution in [0.25, 0.3) is 0 Å². The minimum Gasteiger partial charge on any atom is -0.461 e. The fourth-order valence-electron chi connectivity index (χ4n) is 0.340. The molecule has 0 spiro atoms. The summed E-state index contributed by atoms with van der Waals surface area (Å²) >= 11 is 5.17. The van der Waals surface area contributed by atoms with E-state index in [2.05, 4.69) is 4.74 Å². The van der Waals surface area contributed by atoms with Gasteiger partial charge in [0, 0.05) is 0 Å². The molecule has 0 radical (unpaired) electrons. The summed E-state index contributed by atoms with van der Waals surface area (Å²) in [7, 11) is 0. The van der Waals surface area contributed by atoms with Crippen molar-refractivity contribution in [1.29, 1.82) is 0 Å². The molecule has 0 amide bonds. The molecule has 0 bridgehead atoms. The van der Waals surface area contributed by atoms with E-state index in [0.29, 0.717) is 6.61 Å². The summed E-state index contributed by atoms with van der Waals surface area (Å²) in [6, 6.07) is 0. The SMILES string of the molecule is CC(C)=CCOC(=O)CCl. The van der Waals surface area contributed by atoms with Crippen LogP contribution in [0.2, 0.25) is 0 Å². The predicted octanol–water partition coefficient (Wildman–Crippen LogP) is 1.73. The first-order chi connectivity index (χ1) is 4.66. The molecule has 0 aliphatic heterocycles. The summed E-state index contributed by atoms with van der Waals surface area (Å²) in [6.07, 6.45) is 1.82. The number of alkyl halides is 1. The van der Waals surface area contributed by atoms with Gasteiger partial charge in [-0.15, -0.1) is 11.6 Å². The monoisotopic (exact) mass is 162 g/mol. The second-order valence-electron chi connectivity index (χ2n) is 2.10. The van der Waals surface area contributed by atoms with Crippen LogP contribution in [0, 0.1) is 0 Å². The van der Waals surface area contributed by atoms with E-state index in [9.17, 15) is 4.79 Å². The molecule has 0 aromatic carbocycles. The molecule has 0 saturated heterocycles. The highest BCUT2D eigenvalue weighted by atomic mass is 35.5. The Balaban J connectivity index is 3.37. The molecule has 58 valence electrons. The van der Waals surface area contributed by atoms with E-state index in [4.69, 9.17) is 11.6 Å². The molecule has 0 atom stereocenters. The third-order valence-corrected chi connectivity index (χ3v) is 1.06. The summed E-state index contributed by atoms with van der Waals surface area (Å²) in [6.45, 7) is 4.21. The maximum absolute atomic E-state index is 10.4. The quantitative estimate of drug-likeness (QED) is 0.359. The number of carbonyl (C=O) groups excluding carboxylic acids is 1. The van der Waals surface area contributed by atoms with Gasteiger partial charge in [0.25, 0.3) is 0 Å². The highest BCUT2D eigenvalue weighted by Crippen LogP contribution is 1.89. The van der Waals surface area contributed by atoms with E-state index < -0.39 is 0 Å². The van der Waals surface area contributed by atoms with E-state index in [-0.39, 0.29) is 11.8 Å². The molecular formula is C7H11ClO2. The van der Waals surface area contributed by atoms with Crippen molar-refractivity contribution in [2.75, 3.05) is 12.5 Å². The van der Waals surface area contributed by atoms with Crippen LogP contribution in [0.5, 0.6) is 0 Å². The molecule has 0 aromatic rings. The molecule has 0 saturated carbocycles. The molecule has 10 heavy (non-hydrogen) atoms. The molecule has 0 rings (SSSR count). The first kappa shape index (κ1) is 9.50. The van der Waals surface area contributed by atoms with Crippen LogP contribution in [0.1, 0.15) is 13.8 Å². The lowest BCUT2D eigenvalue weighted by Gasteiger charge is -1.96. The zero-order valence-electron chi connectivity index (χ0n) is 6.19. The van der Waals surface area contributed by atoms with Crippen molar-refractivity contribution in [3.05, 3.63) is 11.6 Å². The van der Waals surface area contributed by atoms with Crippen LogP contribution in [0.15, 0.2) is 11.6 Å². The molecule has 0 aliphatic carbocycles. The largest absolute Gasteiger partial charge is 0.461 e. The predicted molar refractivity (Wildman–Crippen MR) is 41.1 cm³/mol. The van der Waals surface area contributed by atoms with E-state index >= 15 is 0 Å². The van der Waals surface area contributed by atoms with Gasteiger partial charge >= 0.3 is 5.97 Å². The normalized spacial score (nSPS) is 8.70. The van der Waals surface area contributed by atoms with Crippen molar-refractivity contribution in [3.8, 4) is 0 Å². The Morgan fingerprint density at radius 1 is 1.60 bits per heavy atom. The van der Waals surface area contributed by atoms with Crippen molar-refractivity contribution >= 4 is 17.6 Å². The molecular weight excluding hydrogens is 152 g/mol. The molecule has 0 heterocycles. The Kier molecular flexibility index (Phi) is 5.03. The topological polar surface area (TPSA) is 26.3 Å². The minimum atomic E-state index is -0.376. The Morgan fingerprint density at radius 2 is 2.20 bits per heavy atom.